The van der Waals surface area contributed by atoms with E-state index in [1.54, 1.807) is 0 Å². The summed E-state index contributed by atoms with van der Waals surface area (Å²) in [6.45, 7) is 32.1. The molecule has 446 valence electrons. The van der Waals surface area contributed by atoms with Gasteiger partial charge in [0.1, 0.15) is 11.3 Å². The number of furan rings is 1. The molecule has 14 rings (SSSR count). The van der Waals surface area contributed by atoms with Gasteiger partial charge in [-0.05, 0) is 211 Å². The van der Waals surface area contributed by atoms with Crippen LogP contribution in [0.3, 0.4) is 0 Å². The van der Waals surface area contributed by atoms with Gasteiger partial charge in [0.2, 0.25) is 0 Å². The second-order valence-corrected chi connectivity index (χ2v) is 29.3. The quantitative estimate of drug-likeness (QED) is 0.134. The summed E-state index contributed by atoms with van der Waals surface area (Å²) < 4.78 is 6.38. The first-order valence-electron chi connectivity index (χ1n) is 32.1. The smallest absolute Gasteiger partial charge is 0.252 e. The minimum absolute atomic E-state index is 0.0131. The Morgan fingerprint density at radius 3 is 1.41 bits per heavy atom. The summed E-state index contributed by atoms with van der Waals surface area (Å²) in [6.07, 6.45) is 0. The van der Waals surface area contributed by atoms with Crippen LogP contribution >= 0.6 is 0 Å². The zero-order valence-corrected chi connectivity index (χ0v) is 54.8. The van der Waals surface area contributed by atoms with Crippen molar-refractivity contribution in [1.29, 1.82) is 0 Å². The van der Waals surface area contributed by atoms with Gasteiger partial charge < -0.3 is 24.0 Å². The highest BCUT2D eigenvalue weighted by Gasteiger charge is 2.45. The number of fused-ring (bicyclic) bond motifs is 6. The van der Waals surface area contributed by atoms with Crippen molar-refractivity contribution in [3.63, 3.8) is 0 Å². The van der Waals surface area contributed by atoms with Crippen LogP contribution < -0.4 is 36.0 Å². The van der Waals surface area contributed by atoms with Crippen LogP contribution in [0.1, 0.15) is 116 Å². The predicted molar refractivity (Wildman–Crippen MR) is 387 cm³/mol. The lowest BCUT2D eigenvalue weighted by Crippen LogP contribution is -2.61. The molecule has 0 saturated carbocycles. The Kier molecular flexibility index (Phi) is 14.0. The maximum absolute atomic E-state index is 6.38. The van der Waals surface area contributed by atoms with Gasteiger partial charge in [-0.15, -0.1) is 0 Å². The van der Waals surface area contributed by atoms with Gasteiger partial charge in [0.25, 0.3) is 6.71 Å². The molecule has 5 nitrogen and oxygen atoms in total. The first-order valence-corrected chi connectivity index (χ1v) is 32.1. The Morgan fingerprint density at radius 1 is 0.333 bits per heavy atom. The summed E-state index contributed by atoms with van der Waals surface area (Å²) in [4.78, 5) is 10.1. The van der Waals surface area contributed by atoms with Crippen LogP contribution in [0.5, 0.6) is 0 Å². The second kappa shape index (κ2) is 21.6. The number of hydrogen-bond donors (Lipinski definition) is 0. The van der Waals surface area contributed by atoms with Crippen LogP contribution in [-0.2, 0) is 21.7 Å². The van der Waals surface area contributed by atoms with Crippen LogP contribution in [0, 0.1) is 13.8 Å². The number of nitrogens with zero attached hydrogens (tertiary/aromatic N) is 4. The van der Waals surface area contributed by atoms with E-state index in [2.05, 4.69) is 341 Å². The van der Waals surface area contributed by atoms with E-state index >= 15 is 0 Å². The Labute approximate surface area is 534 Å². The largest absolute Gasteiger partial charge is 0.456 e. The van der Waals surface area contributed by atoms with Crippen molar-refractivity contribution in [3.05, 3.63) is 270 Å². The number of aryl methyl sites for hydroxylation is 2. The van der Waals surface area contributed by atoms with Gasteiger partial charge in [-0.1, -0.05) is 204 Å². The van der Waals surface area contributed by atoms with Gasteiger partial charge in [-0.3, -0.25) is 0 Å². The van der Waals surface area contributed by atoms with Crippen LogP contribution in [0.2, 0.25) is 0 Å². The van der Waals surface area contributed by atoms with Crippen molar-refractivity contribution in [1.82, 2.24) is 0 Å². The maximum Gasteiger partial charge on any atom is 0.252 e. The molecule has 3 heterocycles. The molecule has 0 N–H and O–H groups in total. The summed E-state index contributed by atoms with van der Waals surface area (Å²) >= 11 is 0. The Balaban J connectivity index is 1.04. The van der Waals surface area contributed by atoms with Crippen LogP contribution in [0.4, 0.5) is 68.2 Å². The average molecular weight is 1170 g/mol. The monoisotopic (exact) mass is 1170 g/mol. The third-order valence-electron chi connectivity index (χ3n) is 18.9. The molecule has 0 fully saturated rings. The Morgan fingerprint density at radius 2 is 0.800 bits per heavy atom. The molecular formula is C84H81BN4O. The fourth-order valence-corrected chi connectivity index (χ4v) is 13.8. The van der Waals surface area contributed by atoms with E-state index in [1.165, 1.54) is 61.1 Å². The lowest BCUT2D eigenvalue weighted by atomic mass is 9.33. The molecule has 0 aliphatic carbocycles. The fourth-order valence-electron chi connectivity index (χ4n) is 13.8. The van der Waals surface area contributed by atoms with Gasteiger partial charge >= 0.3 is 0 Å². The number of rotatable bonds is 9. The van der Waals surface area contributed by atoms with Gasteiger partial charge in [0, 0.05) is 67.8 Å². The number of para-hydroxylation sites is 3. The molecule has 0 saturated heterocycles. The normalized spacial score (nSPS) is 13.2. The summed E-state index contributed by atoms with van der Waals surface area (Å²) in [5, 5.41) is 3.40. The molecule has 11 aromatic carbocycles. The number of anilines is 12. The van der Waals surface area contributed by atoms with Crippen molar-refractivity contribution < 1.29 is 4.42 Å². The SMILES string of the molecule is Cc1cccc(C)c1N1c2ccc(N(c3ccccc3)c3ccc4cc(-c5cc6ccccc6o5)ccc4c3)cc2B2c3cc(C(C)(C)C)ccc3N(c3ccc(C(C)(C)C)cc3)c3cc(N(c4ccc(C(C)(C)C)cc4)c4ccc(C(C)(C)C)cc4)cc1c32. The molecule has 6 heteroatoms. The van der Waals surface area contributed by atoms with Crippen molar-refractivity contribution in [3.8, 4) is 11.3 Å². The minimum atomic E-state index is -0.168. The van der Waals surface area contributed by atoms with Crippen molar-refractivity contribution >= 4 is 113 Å². The Hall–Kier alpha value is -9.52. The van der Waals surface area contributed by atoms with E-state index in [-0.39, 0.29) is 28.4 Å². The summed E-state index contributed by atoms with van der Waals surface area (Å²) in [7, 11) is 0. The summed E-state index contributed by atoms with van der Waals surface area (Å²) in [6, 6.07) is 89.2. The predicted octanol–water partition coefficient (Wildman–Crippen LogP) is 22.1. The van der Waals surface area contributed by atoms with E-state index in [0.29, 0.717) is 0 Å². The van der Waals surface area contributed by atoms with Gasteiger partial charge in [0.05, 0.1) is 11.4 Å². The Bertz CT molecular complexity index is 4610. The van der Waals surface area contributed by atoms with E-state index in [1.807, 2.05) is 12.1 Å². The van der Waals surface area contributed by atoms with Crippen molar-refractivity contribution in [2.75, 3.05) is 19.6 Å². The number of benzene rings is 11. The fraction of sp³-hybridized carbons (Fsp3) is 0.214. The molecular weight excluding hydrogens is 1090 g/mol. The van der Waals surface area contributed by atoms with E-state index in [4.69, 9.17) is 4.42 Å². The third kappa shape index (κ3) is 10.3. The van der Waals surface area contributed by atoms with Crippen LogP contribution in [0.15, 0.2) is 241 Å². The number of hydrogen-bond acceptors (Lipinski definition) is 5. The summed E-state index contributed by atoms with van der Waals surface area (Å²) in [5.74, 6) is 0.868. The molecule has 0 bridgehead atoms. The molecule has 0 radical (unpaired) electrons. The van der Waals surface area contributed by atoms with Crippen LogP contribution in [-0.4, -0.2) is 6.71 Å². The average Bonchev–Trinajstić information content (AvgIpc) is 0.761. The van der Waals surface area contributed by atoms with Gasteiger partial charge in [-0.2, -0.15) is 0 Å². The molecule has 0 spiro atoms. The lowest BCUT2D eigenvalue weighted by Gasteiger charge is -2.46. The van der Waals surface area contributed by atoms with Crippen molar-refractivity contribution in [2.24, 2.45) is 0 Å². The molecule has 0 amide bonds. The van der Waals surface area contributed by atoms with Crippen LogP contribution in [0.25, 0.3) is 33.1 Å². The first kappa shape index (κ1) is 58.2. The molecule has 2 aliphatic heterocycles. The first-order chi connectivity index (χ1) is 43.0. The molecule has 1 aromatic heterocycles. The topological polar surface area (TPSA) is 26.1 Å². The standard InChI is InChI=1S/C84H81BN4O/c1-54-21-20-22-55(2)80(54)89-74-46-44-69(87(64-24-16-15-17-25-64)68-37-29-56-47-59(28-27-57(56)48-68)78-49-58-23-18-19-26-77(58)90-78)51-72(74)85-71-50-63(84(12,13)14)36-45-73(71)88(67-42-34-62(35-43-67)83(9,10)11)75-52-70(53-76(89)79(75)85)86(65-38-30-60(31-39-65)81(3,4)5)66-40-32-61(33-41-66)82(6,7)8/h15-53H,1-14H3. The second-order valence-electron chi connectivity index (χ2n) is 29.3. The maximum atomic E-state index is 6.38. The molecule has 0 unspecified atom stereocenters. The molecule has 12 aromatic rings. The highest BCUT2D eigenvalue weighted by molar-refractivity contribution is 7.00. The third-order valence-corrected chi connectivity index (χ3v) is 18.9. The highest BCUT2D eigenvalue weighted by Crippen LogP contribution is 2.51. The highest BCUT2D eigenvalue weighted by atomic mass is 16.3. The lowest BCUT2D eigenvalue weighted by molar-refractivity contribution is 0.590. The molecule has 90 heavy (non-hydrogen) atoms. The summed E-state index contributed by atoms with van der Waals surface area (Å²) in [5.41, 5.74) is 26.7. The van der Waals surface area contributed by atoms with Gasteiger partial charge in [-0.25, -0.2) is 0 Å². The molecule has 0 atom stereocenters. The molecule has 2 aliphatic rings. The zero-order chi connectivity index (χ0) is 62.8. The van der Waals surface area contributed by atoms with E-state index < -0.39 is 0 Å². The van der Waals surface area contributed by atoms with Crippen molar-refractivity contribution in [2.45, 2.75) is 119 Å². The minimum Gasteiger partial charge on any atom is -0.456 e. The zero-order valence-electron chi connectivity index (χ0n) is 54.8. The van der Waals surface area contributed by atoms with Gasteiger partial charge in [0.15, 0.2) is 0 Å². The van der Waals surface area contributed by atoms with E-state index in [0.717, 1.165) is 89.9 Å². The van der Waals surface area contributed by atoms with E-state index in [9.17, 15) is 0 Å².